The van der Waals surface area contributed by atoms with Gasteiger partial charge >= 0.3 is 0 Å². The number of rotatable bonds is 10. The van der Waals surface area contributed by atoms with Crippen molar-refractivity contribution < 1.29 is 19.1 Å². The molecule has 8 nitrogen and oxygen atoms in total. The molecule has 1 aromatic carbocycles. The van der Waals surface area contributed by atoms with Crippen LogP contribution in [-0.4, -0.2) is 25.5 Å². The number of methoxy groups -OCH3 is 1. The van der Waals surface area contributed by atoms with Crippen LogP contribution in [-0.2, 0) is 0 Å². The molecule has 0 heterocycles. The van der Waals surface area contributed by atoms with Crippen LogP contribution in [0.5, 0.6) is 11.5 Å². The molecule has 2 amide bonds. The highest BCUT2D eigenvalue weighted by molar-refractivity contribution is 6.02. The molecule has 140 valence electrons. The van der Waals surface area contributed by atoms with Gasteiger partial charge in [-0.3, -0.25) is 20.4 Å². The summed E-state index contributed by atoms with van der Waals surface area (Å²) in [5.41, 5.74) is 4.49. The van der Waals surface area contributed by atoms with Crippen LogP contribution < -0.4 is 32.0 Å². The zero-order valence-electron chi connectivity index (χ0n) is 15.1. The van der Waals surface area contributed by atoms with Crippen molar-refractivity contribution in [1.82, 2.24) is 10.9 Å². The third kappa shape index (κ3) is 5.61. The highest BCUT2D eigenvalue weighted by Crippen LogP contribution is 2.30. The summed E-state index contributed by atoms with van der Waals surface area (Å²) in [4.78, 5) is 24.0. The molecule has 1 rings (SSSR count). The van der Waals surface area contributed by atoms with E-state index in [4.69, 9.17) is 21.2 Å². The molecule has 0 aliphatic rings. The zero-order valence-corrected chi connectivity index (χ0v) is 15.1. The zero-order chi connectivity index (χ0) is 18.8. The number of amides is 2. The Morgan fingerprint density at radius 2 is 1.64 bits per heavy atom. The summed E-state index contributed by atoms with van der Waals surface area (Å²) in [5.74, 6) is 10.2. The predicted molar refractivity (Wildman–Crippen MR) is 95.1 cm³/mol. The first-order valence-corrected chi connectivity index (χ1v) is 8.38. The summed E-state index contributed by atoms with van der Waals surface area (Å²) >= 11 is 0. The number of carbonyl (C=O) groups is 2. The monoisotopic (exact) mass is 352 g/mol. The minimum atomic E-state index is -0.542. The number of nitrogen functional groups attached to an aromatic ring is 2. The minimum Gasteiger partial charge on any atom is -0.496 e. The number of nitrogens with one attached hydrogen (secondary N) is 2. The largest absolute Gasteiger partial charge is 0.496 e. The second-order valence-corrected chi connectivity index (χ2v) is 5.72. The maximum atomic E-state index is 12.0. The summed E-state index contributed by atoms with van der Waals surface area (Å²) < 4.78 is 11.0. The molecule has 1 unspecified atom stereocenters. The van der Waals surface area contributed by atoms with Gasteiger partial charge in [-0.05, 0) is 24.5 Å². The van der Waals surface area contributed by atoms with Crippen LogP contribution in [0.15, 0.2) is 12.1 Å². The number of ether oxygens (including phenoxy) is 2. The van der Waals surface area contributed by atoms with E-state index in [0.717, 1.165) is 25.7 Å². The Bertz CT molecular complexity index is 592. The number of unbranched alkanes of at least 4 members (excludes halogenated alkanes) is 1. The van der Waals surface area contributed by atoms with E-state index in [1.54, 1.807) is 0 Å². The maximum absolute atomic E-state index is 12.0. The number of hydrogen-bond donors (Lipinski definition) is 4. The van der Waals surface area contributed by atoms with Gasteiger partial charge in [0.25, 0.3) is 11.8 Å². The standard InChI is InChI=1S/C17H28N4O4/c1-4-6-7-11(5-2)10-25-15-9-12(16(22)20-18)14(24-3)8-13(15)17(23)21-19/h8-9,11H,4-7,10,18-19H2,1-3H3,(H,20,22)(H,21,23). The van der Waals surface area contributed by atoms with E-state index < -0.39 is 11.8 Å². The Morgan fingerprint density at radius 1 is 1.08 bits per heavy atom. The van der Waals surface area contributed by atoms with Gasteiger partial charge in [0.1, 0.15) is 11.5 Å². The maximum Gasteiger partial charge on any atom is 0.269 e. The lowest BCUT2D eigenvalue weighted by atomic mass is 10.0. The lowest BCUT2D eigenvalue weighted by molar-refractivity contribution is 0.0934. The second kappa shape index (κ2) is 10.5. The molecule has 0 spiro atoms. The van der Waals surface area contributed by atoms with Crippen LogP contribution in [0.3, 0.4) is 0 Å². The Labute approximate surface area is 148 Å². The highest BCUT2D eigenvalue weighted by atomic mass is 16.5. The molecular formula is C17H28N4O4. The Kier molecular flexibility index (Phi) is 8.73. The van der Waals surface area contributed by atoms with E-state index in [9.17, 15) is 9.59 Å². The van der Waals surface area contributed by atoms with Gasteiger partial charge in [-0.1, -0.05) is 33.1 Å². The topological polar surface area (TPSA) is 129 Å². The first kappa shape index (κ1) is 20.7. The van der Waals surface area contributed by atoms with E-state index in [1.165, 1.54) is 19.2 Å². The van der Waals surface area contributed by atoms with Crippen molar-refractivity contribution in [1.29, 1.82) is 0 Å². The number of benzene rings is 1. The van der Waals surface area contributed by atoms with Gasteiger partial charge in [-0.2, -0.15) is 0 Å². The van der Waals surface area contributed by atoms with E-state index in [0.29, 0.717) is 12.5 Å². The van der Waals surface area contributed by atoms with Gasteiger partial charge in [-0.25, -0.2) is 11.7 Å². The van der Waals surface area contributed by atoms with E-state index in [2.05, 4.69) is 24.7 Å². The average molecular weight is 352 g/mol. The number of hydrogen-bond acceptors (Lipinski definition) is 6. The first-order valence-electron chi connectivity index (χ1n) is 8.38. The Morgan fingerprint density at radius 3 is 2.12 bits per heavy atom. The molecule has 0 saturated heterocycles. The summed E-state index contributed by atoms with van der Waals surface area (Å²) in [6.07, 6.45) is 4.23. The van der Waals surface area contributed by atoms with Crippen molar-refractivity contribution in [2.75, 3.05) is 13.7 Å². The number of hydrazine groups is 2. The molecule has 0 fully saturated rings. The highest BCUT2D eigenvalue weighted by Gasteiger charge is 2.21. The van der Waals surface area contributed by atoms with Gasteiger partial charge in [-0.15, -0.1) is 0 Å². The number of carbonyl (C=O) groups excluding carboxylic acids is 2. The minimum absolute atomic E-state index is 0.176. The van der Waals surface area contributed by atoms with Crippen molar-refractivity contribution >= 4 is 11.8 Å². The SMILES string of the molecule is CCCCC(CC)COc1cc(C(=O)NN)c(OC)cc1C(=O)NN. The quantitative estimate of drug-likeness (QED) is 0.287. The van der Waals surface area contributed by atoms with Crippen LogP contribution in [0, 0.1) is 5.92 Å². The van der Waals surface area contributed by atoms with Crippen LogP contribution in [0.1, 0.15) is 60.2 Å². The van der Waals surface area contributed by atoms with Crippen molar-refractivity contribution in [3.63, 3.8) is 0 Å². The first-order chi connectivity index (χ1) is 12.0. The number of nitrogens with two attached hydrogens (primary N) is 2. The summed E-state index contributed by atoms with van der Waals surface area (Å²) in [6, 6.07) is 2.85. The summed E-state index contributed by atoms with van der Waals surface area (Å²) in [6.45, 7) is 4.67. The van der Waals surface area contributed by atoms with Crippen LogP contribution in [0.25, 0.3) is 0 Å². The smallest absolute Gasteiger partial charge is 0.269 e. The van der Waals surface area contributed by atoms with Crippen LogP contribution in [0.2, 0.25) is 0 Å². The van der Waals surface area contributed by atoms with Gasteiger partial charge < -0.3 is 9.47 Å². The average Bonchev–Trinajstić information content (AvgIpc) is 2.66. The van der Waals surface area contributed by atoms with E-state index in [-0.39, 0.29) is 22.6 Å². The molecule has 1 atom stereocenters. The molecule has 0 radical (unpaired) electrons. The fourth-order valence-corrected chi connectivity index (χ4v) is 2.46. The lowest BCUT2D eigenvalue weighted by Gasteiger charge is -2.19. The lowest BCUT2D eigenvalue weighted by Crippen LogP contribution is -2.32. The molecule has 0 bridgehead atoms. The van der Waals surface area contributed by atoms with Crippen molar-refractivity contribution in [2.24, 2.45) is 17.6 Å². The van der Waals surface area contributed by atoms with Gasteiger partial charge in [0.05, 0.1) is 24.8 Å². The molecule has 0 saturated carbocycles. The van der Waals surface area contributed by atoms with Gasteiger partial charge in [0.15, 0.2) is 0 Å². The fraction of sp³-hybridized carbons (Fsp3) is 0.529. The molecule has 0 aromatic heterocycles. The Hall–Kier alpha value is -2.32. The molecule has 25 heavy (non-hydrogen) atoms. The summed E-state index contributed by atoms with van der Waals surface area (Å²) in [7, 11) is 1.39. The molecule has 1 aromatic rings. The molecule has 8 heteroatoms. The normalized spacial score (nSPS) is 11.6. The van der Waals surface area contributed by atoms with Crippen molar-refractivity contribution in [2.45, 2.75) is 39.5 Å². The van der Waals surface area contributed by atoms with Crippen LogP contribution in [0.4, 0.5) is 0 Å². The fourth-order valence-electron chi connectivity index (χ4n) is 2.46. The Balaban J connectivity index is 3.16. The summed E-state index contributed by atoms with van der Waals surface area (Å²) in [5, 5.41) is 0. The molecular weight excluding hydrogens is 324 g/mol. The van der Waals surface area contributed by atoms with Gasteiger partial charge in [0, 0.05) is 0 Å². The molecule has 0 aliphatic carbocycles. The molecule has 6 N–H and O–H groups in total. The van der Waals surface area contributed by atoms with Crippen LogP contribution >= 0.6 is 0 Å². The van der Waals surface area contributed by atoms with E-state index in [1.807, 2.05) is 0 Å². The second-order valence-electron chi connectivity index (χ2n) is 5.72. The van der Waals surface area contributed by atoms with Crippen molar-refractivity contribution in [3.8, 4) is 11.5 Å². The predicted octanol–water partition coefficient (Wildman–Crippen LogP) is 1.50. The molecule has 0 aliphatic heterocycles. The van der Waals surface area contributed by atoms with E-state index >= 15 is 0 Å². The van der Waals surface area contributed by atoms with Crippen molar-refractivity contribution in [3.05, 3.63) is 23.3 Å². The van der Waals surface area contributed by atoms with Gasteiger partial charge in [0.2, 0.25) is 0 Å². The third-order valence-electron chi connectivity index (χ3n) is 4.07. The third-order valence-corrected chi connectivity index (χ3v) is 4.07.